The predicted octanol–water partition coefficient (Wildman–Crippen LogP) is 6.62. The topological polar surface area (TPSA) is 46.5 Å². The van der Waals surface area contributed by atoms with Crippen molar-refractivity contribution in [3.05, 3.63) is 65.2 Å². The van der Waals surface area contributed by atoms with Crippen LogP contribution in [0.2, 0.25) is 0 Å². The Bertz CT molecular complexity index is 1440. The highest BCUT2D eigenvalue weighted by Gasteiger charge is 2.33. The van der Waals surface area contributed by atoms with Crippen LogP contribution in [0, 0.1) is 0 Å². The number of aromatic nitrogens is 1. The van der Waals surface area contributed by atoms with Gasteiger partial charge in [0.1, 0.15) is 5.75 Å². The Balaban J connectivity index is 1.60. The fourth-order valence-electron chi connectivity index (χ4n) is 6.88. The molecule has 6 rings (SSSR count). The SMILES string of the molecule is C=C(C)c1ccc2c(C3CCCCC3)c3n(c2c1)CC(C(=O)N1CCC(NC)C1)=Cc1c(OC)cccc1-3. The number of hydrogen-bond acceptors (Lipinski definition) is 3. The molecule has 0 radical (unpaired) electrons. The molecule has 5 nitrogen and oxygen atoms in total. The van der Waals surface area contributed by atoms with Crippen molar-refractivity contribution in [2.45, 2.75) is 64.0 Å². The lowest BCUT2D eigenvalue weighted by atomic mass is 9.81. The molecule has 1 aromatic heterocycles. The molecule has 3 aliphatic rings. The number of ether oxygens (including phenoxy) is 1. The largest absolute Gasteiger partial charge is 0.496 e. The number of carbonyl (C=O) groups is 1. The van der Waals surface area contributed by atoms with Gasteiger partial charge >= 0.3 is 0 Å². The van der Waals surface area contributed by atoms with Gasteiger partial charge in [-0.3, -0.25) is 4.79 Å². The second kappa shape index (κ2) is 10.1. The fourth-order valence-corrected chi connectivity index (χ4v) is 6.88. The summed E-state index contributed by atoms with van der Waals surface area (Å²) in [6, 6.07) is 13.5. The van der Waals surface area contributed by atoms with Gasteiger partial charge in [0.15, 0.2) is 0 Å². The van der Waals surface area contributed by atoms with Crippen molar-refractivity contribution in [1.82, 2.24) is 14.8 Å². The van der Waals surface area contributed by atoms with Crippen LogP contribution in [0.5, 0.6) is 5.75 Å². The molecule has 198 valence electrons. The summed E-state index contributed by atoms with van der Waals surface area (Å²) >= 11 is 0. The van der Waals surface area contributed by atoms with Gasteiger partial charge in [-0.05, 0) is 68.5 Å². The molecule has 1 unspecified atom stereocenters. The molecule has 1 atom stereocenters. The van der Waals surface area contributed by atoms with Crippen LogP contribution >= 0.6 is 0 Å². The van der Waals surface area contributed by atoms with E-state index >= 15 is 0 Å². The number of amides is 1. The van der Waals surface area contributed by atoms with Crippen molar-refractivity contribution in [3.63, 3.8) is 0 Å². The summed E-state index contributed by atoms with van der Waals surface area (Å²) in [5.74, 6) is 1.47. The summed E-state index contributed by atoms with van der Waals surface area (Å²) in [6.45, 7) is 8.37. The van der Waals surface area contributed by atoms with E-state index in [1.54, 1.807) is 7.11 Å². The average molecular weight is 510 g/mol. The van der Waals surface area contributed by atoms with Crippen molar-refractivity contribution in [1.29, 1.82) is 0 Å². The Morgan fingerprint density at radius 1 is 1.11 bits per heavy atom. The Kier molecular flexibility index (Phi) is 6.65. The zero-order chi connectivity index (χ0) is 26.4. The minimum atomic E-state index is 0.129. The van der Waals surface area contributed by atoms with Crippen LogP contribution in [0.1, 0.15) is 68.1 Å². The van der Waals surface area contributed by atoms with Crippen molar-refractivity contribution in [2.24, 2.45) is 0 Å². The van der Waals surface area contributed by atoms with Crippen molar-refractivity contribution in [2.75, 3.05) is 27.2 Å². The maximum absolute atomic E-state index is 14.0. The van der Waals surface area contributed by atoms with E-state index < -0.39 is 0 Å². The van der Waals surface area contributed by atoms with Gasteiger partial charge in [0.2, 0.25) is 0 Å². The second-order valence-corrected chi connectivity index (χ2v) is 11.3. The highest BCUT2D eigenvalue weighted by atomic mass is 16.5. The molecule has 3 aromatic rings. The van der Waals surface area contributed by atoms with E-state index in [9.17, 15) is 4.79 Å². The molecule has 1 amide bonds. The average Bonchev–Trinajstić information content (AvgIpc) is 3.51. The van der Waals surface area contributed by atoms with E-state index in [-0.39, 0.29) is 5.91 Å². The Morgan fingerprint density at radius 2 is 1.92 bits per heavy atom. The van der Waals surface area contributed by atoms with Crippen molar-refractivity contribution in [3.8, 4) is 17.0 Å². The van der Waals surface area contributed by atoms with Crippen LogP contribution in [0.4, 0.5) is 0 Å². The number of rotatable bonds is 5. The number of benzene rings is 2. The minimum absolute atomic E-state index is 0.129. The van der Waals surface area contributed by atoms with Crippen LogP contribution in [-0.2, 0) is 11.3 Å². The number of allylic oxidation sites excluding steroid dienone is 1. The molecule has 0 spiro atoms. The summed E-state index contributed by atoms with van der Waals surface area (Å²) in [6.07, 6.45) is 9.39. The van der Waals surface area contributed by atoms with E-state index in [1.807, 2.05) is 18.0 Å². The molecule has 2 aliphatic heterocycles. The quantitative estimate of drug-likeness (QED) is 0.421. The molecule has 2 fully saturated rings. The van der Waals surface area contributed by atoms with Gasteiger partial charge in [-0.1, -0.05) is 55.7 Å². The zero-order valence-corrected chi connectivity index (χ0v) is 23.0. The smallest absolute Gasteiger partial charge is 0.251 e. The van der Waals surface area contributed by atoms with Gasteiger partial charge in [0.25, 0.3) is 5.91 Å². The minimum Gasteiger partial charge on any atom is -0.496 e. The third kappa shape index (κ3) is 4.17. The maximum Gasteiger partial charge on any atom is 0.251 e. The molecule has 5 heteroatoms. The molecule has 38 heavy (non-hydrogen) atoms. The third-order valence-corrected chi connectivity index (χ3v) is 8.96. The van der Waals surface area contributed by atoms with E-state index in [1.165, 1.54) is 54.3 Å². The summed E-state index contributed by atoms with van der Waals surface area (Å²) < 4.78 is 8.30. The van der Waals surface area contributed by atoms with E-state index in [0.29, 0.717) is 18.5 Å². The van der Waals surface area contributed by atoms with Crippen LogP contribution in [0.3, 0.4) is 0 Å². The Morgan fingerprint density at radius 3 is 2.63 bits per heavy atom. The Hall–Kier alpha value is -3.31. The molecule has 0 bridgehead atoms. The molecule has 1 N–H and O–H groups in total. The van der Waals surface area contributed by atoms with Crippen LogP contribution in [-0.4, -0.2) is 48.7 Å². The van der Waals surface area contributed by atoms with Gasteiger partial charge < -0.3 is 19.5 Å². The number of hydrogen-bond donors (Lipinski definition) is 1. The highest BCUT2D eigenvalue weighted by Crippen LogP contribution is 2.48. The molecule has 2 aromatic carbocycles. The van der Waals surface area contributed by atoms with Gasteiger partial charge in [-0.2, -0.15) is 0 Å². The van der Waals surface area contributed by atoms with Gasteiger partial charge in [-0.25, -0.2) is 0 Å². The first-order chi connectivity index (χ1) is 18.5. The van der Waals surface area contributed by atoms with Crippen LogP contribution in [0.25, 0.3) is 33.8 Å². The standard InChI is InChI=1S/C33H39N3O2/c1-21(2)23-13-14-27-29(18-23)36-19-24(33(37)35-16-15-25(20-35)34-3)17-28-26(11-8-12-30(28)38-4)32(36)31(27)22-9-6-5-7-10-22/h8,11-14,17-18,22,25,34H,1,5-7,9-10,15-16,19-20H2,2-4H3. The number of fused-ring (bicyclic) bond motifs is 5. The van der Waals surface area contributed by atoms with Gasteiger partial charge in [0, 0.05) is 46.7 Å². The predicted molar refractivity (Wildman–Crippen MR) is 156 cm³/mol. The Labute approximate surface area is 226 Å². The number of likely N-dealkylation sites (N-methyl/N-ethyl adjacent to an activating group) is 1. The molecule has 3 heterocycles. The first kappa shape index (κ1) is 25.0. The molecular weight excluding hydrogens is 470 g/mol. The van der Waals surface area contributed by atoms with E-state index in [4.69, 9.17) is 4.74 Å². The maximum atomic E-state index is 14.0. The number of methoxy groups -OCH3 is 1. The van der Waals surface area contributed by atoms with E-state index in [0.717, 1.165) is 53.1 Å². The lowest BCUT2D eigenvalue weighted by Crippen LogP contribution is -2.34. The fraction of sp³-hybridized carbons (Fsp3) is 0.424. The lowest BCUT2D eigenvalue weighted by Gasteiger charge is -2.24. The van der Waals surface area contributed by atoms with Gasteiger partial charge in [-0.15, -0.1) is 0 Å². The third-order valence-electron chi connectivity index (χ3n) is 8.96. The highest BCUT2D eigenvalue weighted by molar-refractivity contribution is 6.03. The molecule has 1 aliphatic carbocycles. The van der Waals surface area contributed by atoms with E-state index in [2.05, 4.69) is 59.8 Å². The first-order valence-corrected chi connectivity index (χ1v) is 14.2. The molecule has 1 saturated heterocycles. The summed E-state index contributed by atoms with van der Waals surface area (Å²) in [5, 5.41) is 4.66. The van der Waals surface area contributed by atoms with Crippen molar-refractivity contribution >= 4 is 28.5 Å². The van der Waals surface area contributed by atoms with Gasteiger partial charge in [0.05, 0.1) is 19.3 Å². The monoisotopic (exact) mass is 509 g/mol. The first-order valence-electron chi connectivity index (χ1n) is 14.2. The van der Waals surface area contributed by atoms with Crippen LogP contribution in [0.15, 0.2) is 48.6 Å². The lowest BCUT2D eigenvalue weighted by molar-refractivity contribution is -0.126. The normalized spacial score (nSPS) is 19.6. The van der Waals surface area contributed by atoms with Crippen molar-refractivity contribution < 1.29 is 9.53 Å². The van der Waals surface area contributed by atoms with Crippen LogP contribution < -0.4 is 10.1 Å². The molecular formula is C33H39N3O2. The zero-order valence-electron chi connectivity index (χ0n) is 23.0. The summed E-state index contributed by atoms with van der Waals surface area (Å²) in [5.41, 5.74) is 9.10. The number of likely N-dealkylation sites (tertiary alicyclic amines) is 1. The number of nitrogens with zero attached hydrogens (tertiary/aromatic N) is 2. The second-order valence-electron chi connectivity index (χ2n) is 11.3. The number of nitrogens with one attached hydrogen (secondary N) is 1. The summed E-state index contributed by atoms with van der Waals surface area (Å²) in [7, 11) is 3.71. The summed E-state index contributed by atoms with van der Waals surface area (Å²) in [4.78, 5) is 16.0. The molecule has 1 saturated carbocycles. The number of carbonyl (C=O) groups excluding carboxylic acids is 1.